The molecule has 0 aromatic heterocycles. The van der Waals surface area contributed by atoms with Gasteiger partial charge in [-0.1, -0.05) is 78.2 Å². The second-order valence-electron chi connectivity index (χ2n) is 6.78. The summed E-state index contributed by atoms with van der Waals surface area (Å²) in [6.45, 7) is 7.68. The molecule has 0 rings (SSSR count). The molecule has 2 N–H and O–H groups in total. The molecule has 0 atom stereocenters. The number of hydrogen-bond acceptors (Lipinski definition) is 5. The predicted octanol–water partition coefficient (Wildman–Crippen LogP) is 1.88. The minimum absolute atomic E-state index is 0. The van der Waals surface area contributed by atoms with E-state index in [1.54, 1.807) is 6.92 Å². The molecular weight excluding hydrogens is 407 g/mol. The number of esters is 1. The van der Waals surface area contributed by atoms with Gasteiger partial charge in [0.2, 0.25) is 0 Å². The van der Waals surface area contributed by atoms with E-state index >= 15 is 0 Å². The molecule has 0 bridgehead atoms. The van der Waals surface area contributed by atoms with E-state index in [4.69, 9.17) is 14.4 Å². The summed E-state index contributed by atoms with van der Waals surface area (Å²) in [4.78, 5) is 21.8. The van der Waals surface area contributed by atoms with Crippen molar-refractivity contribution >= 4 is 22.1 Å². The van der Waals surface area contributed by atoms with Gasteiger partial charge in [-0.2, -0.15) is 8.42 Å². The number of carbonyl (C=O) groups excluding carboxylic acids is 1. The molecular formula is C20H39NaO7S. The fraction of sp³-hybridized carbons (Fsp3) is 0.800. The molecule has 0 aromatic rings. The van der Waals surface area contributed by atoms with Gasteiger partial charge in [0.15, 0.2) is 0 Å². The molecule has 7 nitrogen and oxygen atoms in total. The minimum atomic E-state index is -3.67. The maximum atomic E-state index is 11.4. The molecule has 0 saturated heterocycles. The first-order valence-electron chi connectivity index (χ1n) is 10.2. The SMILES string of the molecule is C=C(CC(=O)O)C(=O)OCCCCCCCCCCCC.CCCS(=O)(=O)O.[H-].[Na+]. The van der Waals surface area contributed by atoms with Crippen LogP contribution in [0.2, 0.25) is 0 Å². The summed E-state index contributed by atoms with van der Waals surface area (Å²) in [6.07, 6.45) is 12.4. The topological polar surface area (TPSA) is 118 Å². The summed E-state index contributed by atoms with van der Waals surface area (Å²) < 4.78 is 32.5. The van der Waals surface area contributed by atoms with Crippen molar-refractivity contribution in [3.05, 3.63) is 12.2 Å². The van der Waals surface area contributed by atoms with Crippen LogP contribution in [0.4, 0.5) is 0 Å². The fourth-order valence-corrected chi connectivity index (χ4v) is 2.89. The van der Waals surface area contributed by atoms with Crippen molar-refractivity contribution in [3.8, 4) is 0 Å². The maximum absolute atomic E-state index is 11.4. The molecule has 0 aromatic carbocycles. The Morgan fingerprint density at radius 3 is 1.69 bits per heavy atom. The van der Waals surface area contributed by atoms with Crippen LogP contribution in [0.3, 0.4) is 0 Å². The summed E-state index contributed by atoms with van der Waals surface area (Å²) in [6, 6.07) is 0. The molecule has 0 aliphatic rings. The third-order valence-electron chi connectivity index (χ3n) is 3.85. The Balaban J connectivity index is -0.000000323. The molecule has 0 spiro atoms. The average molecular weight is 447 g/mol. The van der Waals surface area contributed by atoms with Crippen LogP contribution in [0.5, 0.6) is 0 Å². The standard InChI is InChI=1S/C17H30O4.C3H8O3S.Na.H/c1-3-4-5-6-7-8-9-10-11-12-13-21-17(20)15(2)14-16(18)19;1-2-3-7(4,5)6;;/h2-14H2,1H3,(H,18,19);2-3H2,1H3,(H,4,5,6);;/q;;+1;-1. The fourth-order valence-electron chi connectivity index (χ4n) is 2.37. The number of hydrogen-bond donors (Lipinski definition) is 2. The molecule has 0 fully saturated rings. The van der Waals surface area contributed by atoms with Gasteiger partial charge in [-0.05, 0) is 12.8 Å². The maximum Gasteiger partial charge on any atom is 1.00 e. The largest absolute Gasteiger partial charge is 1.00 e. The average Bonchev–Trinajstić information content (AvgIpc) is 2.58. The first-order valence-corrected chi connectivity index (χ1v) is 11.8. The zero-order valence-electron chi connectivity index (χ0n) is 19.5. The molecule has 0 aliphatic carbocycles. The Morgan fingerprint density at radius 2 is 1.34 bits per heavy atom. The zero-order valence-corrected chi connectivity index (χ0v) is 21.3. The minimum Gasteiger partial charge on any atom is -1.00 e. The van der Waals surface area contributed by atoms with E-state index in [1.807, 2.05) is 0 Å². The number of ether oxygens (including phenoxy) is 1. The Morgan fingerprint density at radius 1 is 0.897 bits per heavy atom. The quantitative estimate of drug-likeness (QED) is 0.122. The van der Waals surface area contributed by atoms with Crippen LogP contribution in [-0.4, -0.2) is 42.4 Å². The van der Waals surface area contributed by atoms with E-state index < -0.39 is 22.1 Å². The summed E-state index contributed by atoms with van der Waals surface area (Å²) in [5.41, 5.74) is 0.00887. The zero-order chi connectivity index (χ0) is 21.8. The second-order valence-corrected chi connectivity index (χ2v) is 8.35. The number of unbranched alkanes of at least 4 members (excludes halogenated alkanes) is 9. The van der Waals surface area contributed by atoms with Crippen molar-refractivity contribution in [2.75, 3.05) is 12.4 Å². The normalized spacial score (nSPS) is 10.3. The van der Waals surface area contributed by atoms with Gasteiger partial charge < -0.3 is 11.3 Å². The van der Waals surface area contributed by atoms with E-state index in [2.05, 4.69) is 13.5 Å². The summed E-state index contributed by atoms with van der Waals surface area (Å²) in [5.74, 6) is -1.78. The molecule has 0 unspecified atom stereocenters. The number of carboxylic acids is 1. The smallest absolute Gasteiger partial charge is 1.00 e. The summed E-state index contributed by atoms with van der Waals surface area (Å²) >= 11 is 0. The van der Waals surface area contributed by atoms with E-state index in [-0.39, 0.29) is 48.7 Å². The second kappa shape index (κ2) is 22.3. The molecule has 0 aliphatic heterocycles. The molecule has 0 heterocycles. The number of rotatable bonds is 16. The van der Waals surface area contributed by atoms with Gasteiger partial charge in [-0.25, -0.2) is 4.79 Å². The van der Waals surface area contributed by atoms with Gasteiger partial charge in [-0.3, -0.25) is 9.35 Å². The van der Waals surface area contributed by atoms with E-state index in [0.29, 0.717) is 13.0 Å². The third-order valence-corrected chi connectivity index (χ3v) is 4.77. The van der Waals surface area contributed by atoms with Gasteiger partial charge in [0.05, 0.1) is 18.8 Å². The van der Waals surface area contributed by atoms with Crippen molar-refractivity contribution in [3.63, 3.8) is 0 Å². The Hall–Kier alpha value is -0.410. The predicted molar refractivity (Wildman–Crippen MR) is 112 cm³/mol. The van der Waals surface area contributed by atoms with Gasteiger partial charge >= 0.3 is 41.5 Å². The van der Waals surface area contributed by atoms with Crippen molar-refractivity contribution in [1.29, 1.82) is 0 Å². The molecule has 29 heavy (non-hydrogen) atoms. The summed E-state index contributed by atoms with van der Waals surface area (Å²) in [5, 5.41) is 8.52. The van der Waals surface area contributed by atoms with Crippen LogP contribution in [0, 0.1) is 0 Å². The van der Waals surface area contributed by atoms with Crippen LogP contribution >= 0.6 is 0 Å². The van der Waals surface area contributed by atoms with Gasteiger partial charge in [0.25, 0.3) is 10.1 Å². The van der Waals surface area contributed by atoms with Crippen LogP contribution in [0.15, 0.2) is 12.2 Å². The number of carboxylic acid groups (broad SMARTS) is 1. The first kappa shape index (κ1) is 33.2. The Kier molecular flexibility index (Phi) is 25.5. The van der Waals surface area contributed by atoms with Crippen molar-refractivity contribution in [1.82, 2.24) is 0 Å². The third kappa shape index (κ3) is 29.9. The Bertz CT molecular complexity index is 539. The van der Waals surface area contributed by atoms with Crippen molar-refractivity contribution in [2.24, 2.45) is 0 Å². The van der Waals surface area contributed by atoms with Crippen LogP contribution < -0.4 is 29.6 Å². The molecule has 0 saturated carbocycles. The van der Waals surface area contributed by atoms with Crippen molar-refractivity contribution < 1.29 is 63.4 Å². The molecule has 9 heteroatoms. The van der Waals surface area contributed by atoms with Gasteiger partial charge in [0, 0.05) is 5.57 Å². The van der Waals surface area contributed by atoms with E-state index in [9.17, 15) is 18.0 Å². The number of carbonyl (C=O) groups is 2. The number of aliphatic carboxylic acids is 1. The molecule has 168 valence electrons. The van der Waals surface area contributed by atoms with Crippen LogP contribution in [-0.2, 0) is 24.4 Å². The monoisotopic (exact) mass is 446 g/mol. The van der Waals surface area contributed by atoms with Gasteiger partial charge in [0.1, 0.15) is 0 Å². The van der Waals surface area contributed by atoms with E-state index in [0.717, 1.165) is 12.8 Å². The molecule has 0 amide bonds. The summed E-state index contributed by atoms with van der Waals surface area (Å²) in [7, 11) is -3.67. The van der Waals surface area contributed by atoms with E-state index in [1.165, 1.54) is 51.4 Å². The van der Waals surface area contributed by atoms with Crippen molar-refractivity contribution in [2.45, 2.75) is 90.9 Å². The van der Waals surface area contributed by atoms with Crippen LogP contribution in [0.25, 0.3) is 0 Å². The first-order chi connectivity index (χ1) is 13.1. The van der Waals surface area contributed by atoms with Gasteiger partial charge in [-0.15, -0.1) is 0 Å². The Labute approximate surface area is 200 Å². The molecule has 0 radical (unpaired) electrons. The van der Waals surface area contributed by atoms with Crippen LogP contribution in [0.1, 0.15) is 92.3 Å².